The van der Waals surface area contributed by atoms with Gasteiger partial charge in [0.15, 0.2) is 9.47 Å². The first kappa shape index (κ1) is 20.2. The summed E-state index contributed by atoms with van der Waals surface area (Å²) in [6, 6.07) is 16.0. The van der Waals surface area contributed by atoms with Crippen LogP contribution in [0.3, 0.4) is 0 Å². The van der Waals surface area contributed by atoms with Crippen molar-refractivity contribution in [2.75, 3.05) is 11.1 Å². The lowest BCUT2D eigenvalue weighted by molar-refractivity contribution is -0.384. The Kier molecular flexibility index (Phi) is 6.17. The van der Waals surface area contributed by atoms with Gasteiger partial charge in [-0.3, -0.25) is 14.9 Å². The molecule has 4 aromatic rings. The SMILES string of the molecule is O=C(CSc1nc(-c2ccccc2)cs1)Nc1nc(-c2ccc([N+](=O)[O-])cc2)cs1. The maximum Gasteiger partial charge on any atom is 0.269 e. The molecule has 4 rings (SSSR count). The number of nitrogens with one attached hydrogen (secondary N) is 1. The van der Waals surface area contributed by atoms with Crippen LogP contribution in [0.4, 0.5) is 10.8 Å². The number of nitro groups is 1. The van der Waals surface area contributed by atoms with Gasteiger partial charge in [0.25, 0.3) is 5.69 Å². The maximum atomic E-state index is 12.3. The van der Waals surface area contributed by atoms with Crippen molar-refractivity contribution in [2.24, 2.45) is 0 Å². The molecule has 0 fully saturated rings. The number of non-ortho nitro benzene ring substituents is 1. The topological polar surface area (TPSA) is 98.0 Å². The van der Waals surface area contributed by atoms with Gasteiger partial charge in [0.1, 0.15) is 0 Å². The highest BCUT2D eigenvalue weighted by Gasteiger charge is 2.12. The lowest BCUT2D eigenvalue weighted by Crippen LogP contribution is -2.13. The van der Waals surface area contributed by atoms with Crippen LogP contribution in [-0.4, -0.2) is 26.6 Å². The van der Waals surface area contributed by atoms with E-state index in [-0.39, 0.29) is 17.3 Å². The Hall–Kier alpha value is -3.08. The number of hydrogen-bond donors (Lipinski definition) is 1. The largest absolute Gasteiger partial charge is 0.301 e. The minimum Gasteiger partial charge on any atom is -0.301 e. The summed E-state index contributed by atoms with van der Waals surface area (Å²) in [6.07, 6.45) is 0. The summed E-state index contributed by atoms with van der Waals surface area (Å²) in [5, 5.41) is 17.8. The summed E-state index contributed by atoms with van der Waals surface area (Å²) in [6.45, 7) is 0. The lowest BCUT2D eigenvalue weighted by Gasteiger charge is -2.00. The molecule has 1 N–H and O–H groups in total. The van der Waals surface area contributed by atoms with Crippen LogP contribution in [0.5, 0.6) is 0 Å². The van der Waals surface area contributed by atoms with E-state index in [0.717, 1.165) is 21.2 Å². The molecule has 30 heavy (non-hydrogen) atoms. The van der Waals surface area contributed by atoms with E-state index in [9.17, 15) is 14.9 Å². The molecule has 2 aromatic carbocycles. The number of carbonyl (C=O) groups excluding carboxylic acids is 1. The average Bonchev–Trinajstić information content (AvgIpc) is 3.43. The molecule has 0 spiro atoms. The number of nitrogens with zero attached hydrogens (tertiary/aromatic N) is 3. The Bertz CT molecular complexity index is 1170. The van der Waals surface area contributed by atoms with Crippen LogP contribution in [0, 0.1) is 10.1 Å². The molecule has 0 radical (unpaired) electrons. The molecule has 0 aliphatic heterocycles. The summed E-state index contributed by atoms with van der Waals surface area (Å²) < 4.78 is 0.828. The second-order valence-electron chi connectivity index (χ2n) is 6.04. The summed E-state index contributed by atoms with van der Waals surface area (Å²) in [4.78, 5) is 31.5. The van der Waals surface area contributed by atoms with E-state index < -0.39 is 4.92 Å². The fourth-order valence-electron chi connectivity index (χ4n) is 2.57. The molecule has 0 aliphatic carbocycles. The van der Waals surface area contributed by atoms with Gasteiger partial charge in [0.05, 0.1) is 22.1 Å². The second-order valence-corrected chi connectivity index (χ2v) is 8.98. The molecular weight excluding hydrogens is 440 g/mol. The molecule has 0 bridgehead atoms. The zero-order valence-corrected chi connectivity index (χ0v) is 17.8. The highest BCUT2D eigenvalue weighted by molar-refractivity contribution is 8.01. The van der Waals surface area contributed by atoms with Crippen molar-refractivity contribution in [1.29, 1.82) is 0 Å². The summed E-state index contributed by atoms with van der Waals surface area (Å²) in [5.74, 6) is 0.0647. The van der Waals surface area contributed by atoms with Crippen LogP contribution in [0.2, 0.25) is 0 Å². The fourth-order valence-corrected chi connectivity index (χ4v) is 4.94. The monoisotopic (exact) mass is 454 g/mol. The molecule has 0 saturated heterocycles. The van der Waals surface area contributed by atoms with Gasteiger partial charge in [0, 0.05) is 34.0 Å². The Balaban J connectivity index is 1.33. The second kappa shape index (κ2) is 9.16. The Morgan fingerprint density at radius 3 is 2.37 bits per heavy atom. The van der Waals surface area contributed by atoms with E-state index in [2.05, 4.69) is 15.3 Å². The van der Waals surface area contributed by atoms with E-state index in [1.165, 1.54) is 46.6 Å². The van der Waals surface area contributed by atoms with Gasteiger partial charge in [0.2, 0.25) is 5.91 Å². The molecule has 0 saturated carbocycles. The van der Waals surface area contributed by atoms with Crippen molar-refractivity contribution in [3.8, 4) is 22.5 Å². The Morgan fingerprint density at radius 2 is 1.63 bits per heavy atom. The fraction of sp³-hybridized carbons (Fsp3) is 0.0500. The van der Waals surface area contributed by atoms with Crippen LogP contribution in [0.15, 0.2) is 69.7 Å². The van der Waals surface area contributed by atoms with E-state index >= 15 is 0 Å². The number of benzene rings is 2. The number of carbonyl (C=O) groups is 1. The predicted molar refractivity (Wildman–Crippen MR) is 121 cm³/mol. The number of thiazole rings is 2. The number of rotatable bonds is 7. The van der Waals surface area contributed by atoms with Crippen molar-refractivity contribution in [3.63, 3.8) is 0 Å². The first-order valence-electron chi connectivity index (χ1n) is 8.72. The minimum atomic E-state index is -0.445. The van der Waals surface area contributed by atoms with Crippen LogP contribution < -0.4 is 5.32 Å². The maximum absolute atomic E-state index is 12.3. The molecule has 1 amide bonds. The molecule has 150 valence electrons. The number of thioether (sulfide) groups is 1. The van der Waals surface area contributed by atoms with Gasteiger partial charge < -0.3 is 5.32 Å². The first-order valence-corrected chi connectivity index (χ1v) is 11.5. The average molecular weight is 455 g/mol. The molecule has 0 atom stereocenters. The third kappa shape index (κ3) is 4.90. The normalized spacial score (nSPS) is 10.7. The summed E-state index contributed by atoms with van der Waals surface area (Å²) in [5.41, 5.74) is 3.38. The zero-order chi connectivity index (χ0) is 20.9. The van der Waals surface area contributed by atoms with Crippen LogP contribution >= 0.6 is 34.4 Å². The van der Waals surface area contributed by atoms with Gasteiger partial charge in [-0.05, 0) is 12.1 Å². The quantitative estimate of drug-likeness (QED) is 0.223. The molecule has 2 aromatic heterocycles. The highest BCUT2D eigenvalue weighted by atomic mass is 32.2. The van der Waals surface area contributed by atoms with E-state index in [0.29, 0.717) is 10.8 Å². The number of amides is 1. The zero-order valence-electron chi connectivity index (χ0n) is 15.3. The van der Waals surface area contributed by atoms with Crippen LogP contribution in [0.1, 0.15) is 0 Å². The molecule has 2 heterocycles. The van der Waals surface area contributed by atoms with Crippen molar-refractivity contribution in [2.45, 2.75) is 4.34 Å². The van der Waals surface area contributed by atoms with E-state index in [1.807, 2.05) is 35.7 Å². The molecule has 7 nitrogen and oxygen atoms in total. The van der Waals surface area contributed by atoms with Crippen molar-refractivity contribution in [1.82, 2.24) is 9.97 Å². The van der Waals surface area contributed by atoms with Gasteiger partial charge in [-0.2, -0.15) is 0 Å². The summed E-state index contributed by atoms with van der Waals surface area (Å²) in [7, 11) is 0. The Labute approximate surface area is 184 Å². The molecule has 0 aliphatic rings. The standard InChI is InChI=1S/C20H14N4O3S3/c25-18(12-30-20-22-17(11-29-20)13-4-2-1-3-5-13)23-19-21-16(10-28-19)14-6-8-15(9-7-14)24(26)27/h1-11H,12H2,(H,21,23,25). The van der Waals surface area contributed by atoms with Gasteiger partial charge in [-0.1, -0.05) is 42.1 Å². The molecule has 10 heteroatoms. The number of hydrogen-bond acceptors (Lipinski definition) is 8. The number of aromatic nitrogens is 2. The van der Waals surface area contributed by atoms with Gasteiger partial charge >= 0.3 is 0 Å². The molecular formula is C20H14N4O3S3. The van der Waals surface area contributed by atoms with E-state index in [4.69, 9.17) is 0 Å². The highest BCUT2D eigenvalue weighted by Crippen LogP contribution is 2.29. The van der Waals surface area contributed by atoms with Gasteiger partial charge in [-0.25, -0.2) is 9.97 Å². The van der Waals surface area contributed by atoms with Gasteiger partial charge in [-0.15, -0.1) is 22.7 Å². The number of anilines is 1. The first-order chi connectivity index (χ1) is 14.6. The lowest BCUT2D eigenvalue weighted by atomic mass is 10.1. The van der Waals surface area contributed by atoms with Crippen LogP contribution in [-0.2, 0) is 4.79 Å². The van der Waals surface area contributed by atoms with Crippen molar-refractivity contribution >= 4 is 51.2 Å². The third-order valence-electron chi connectivity index (χ3n) is 4.00. The number of nitro benzene ring substituents is 1. The smallest absolute Gasteiger partial charge is 0.269 e. The van der Waals surface area contributed by atoms with Crippen LogP contribution in [0.25, 0.3) is 22.5 Å². The van der Waals surface area contributed by atoms with E-state index in [1.54, 1.807) is 17.5 Å². The minimum absolute atomic E-state index is 0.0251. The Morgan fingerprint density at radius 1 is 0.967 bits per heavy atom. The predicted octanol–water partition coefficient (Wildman–Crippen LogP) is 5.57. The third-order valence-corrected chi connectivity index (χ3v) is 6.78. The van der Waals surface area contributed by atoms with Crippen molar-refractivity contribution in [3.05, 3.63) is 75.5 Å². The van der Waals surface area contributed by atoms with Crippen molar-refractivity contribution < 1.29 is 9.72 Å². The molecule has 0 unspecified atom stereocenters. The summed E-state index contributed by atoms with van der Waals surface area (Å²) >= 11 is 4.19.